The SMILES string of the molecule is CCCC1=CCC(O[Si](C(C)C)(C(C)C)C(C)C)=C(c2ccccc2)C1. The van der Waals surface area contributed by atoms with Crippen molar-refractivity contribution in [2.75, 3.05) is 0 Å². The average molecular weight is 371 g/mol. The van der Waals surface area contributed by atoms with E-state index in [-0.39, 0.29) is 0 Å². The van der Waals surface area contributed by atoms with Crippen LogP contribution in [0.15, 0.2) is 47.7 Å². The Morgan fingerprint density at radius 3 is 2.00 bits per heavy atom. The van der Waals surface area contributed by atoms with Gasteiger partial charge < -0.3 is 4.43 Å². The highest BCUT2D eigenvalue weighted by atomic mass is 28.4. The van der Waals surface area contributed by atoms with Gasteiger partial charge in [-0.05, 0) is 40.6 Å². The Morgan fingerprint density at radius 2 is 1.50 bits per heavy atom. The summed E-state index contributed by atoms with van der Waals surface area (Å²) in [6.07, 6.45) is 6.86. The molecule has 0 saturated carbocycles. The molecular weight excluding hydrogens is 332 g/mol. The van der Waals surface area contributed by atoms with E-state index in [4.69, 9.17) is 4.43 Å². The molecule has 0 bridgehead atoms. The number of hydrogen-bond donors (Lipinski definition) is 0. The Bertz CT molecular complexity index is 616. The Hall–Kier alpha value is -1.28. The molecule has 26 heavy (non-hydrogen) atoms. The van der Waals surface area contributed by atoms with E-state index in [9.17, 15) is 0 Å². The molecular formula is C24H38OSi. The first kappa shape index (κ1) is 21.0. The van der Waals surface area contributed by atoms with Crippen molar-refractivity contribution in [1.29, 1.82) is 0 Å². The van der Waals surface area contributed by atoms with Crippen molar-refractivity contribution in [3.05, 3.63) is 53.3 Å². The van der Waals surface area contributed by atoms with E-state index in [0.717, 1.165) is 12.8 Å². The second-order valence-corrected chi connectivity index (χ2v) is 14.1. The van der Waals surface area contributed by atoms with Crippen molar-refractivity contribution in [3.63, 3.8) is 0 Å². The molecule has 144 valence electrons. The molecule has 0 saturated heterocycles. The van der Waals surface area contributed by atoms with Crippen LogP contribution < -0.4 is 0 Å². The number of hydrogen-bond acceptors (Lipinski definition) is 1. The van der Waals surface area contributed by atoms with Gasteiger partial charge in [-0.25, -0.2) is 0 Å². The summed E-state index contributed by atoms with van der Waals surface area (Å²) in [5.74, 6) is 1.25. The van der Waals surface area contributed by atoms with E-state index in [1.807, 2.05) is 0 Å². The van der Waals surface area contributed by atoms with Crippen molar-refractivity contribution in [2.24, 2.45) is 0 Å². The fourth-order valence-electron chi connectivity index (χ4n) is 4.84. The van der Waals surface area contributed by atoms with Crippen molar-refractivity contribution >= 4 is 13.9 Å². The molecule has 2 rings (SSSR count). The fraction of sp³-hybridized carbons (Fsp3) is 0.583. The lowest BCUT2D eigenvalue weighted by atomic mass is 9.89. The van der Waals surface area contributed by atoms with Gasteiger partial charge in [-0.1, -0.05) is 96.9 Å². The Morgan fingerprint density at radius 1 is 0.923 bits per heavy atom. The van der Waals surface area contributed by atoms with Crippen LogP contribution in [0.1, 0.15) is 79.7 Å². The van der Waals surface area contributed by atoms with E-state index in [0.29, 0.717) is 16.6 Å². The molecule has 1 aliphatic rings. The van der Waals surface area contributed by atoms with Crippen LogP contribution in [-0.4, -0.2) is 8.32 Å². The minimum Gasteiger partial charge on any atom is -0.545 e. The molecule has 1 aromatic rings. The third-order valence-electron chi connectivity index (χ3n) is 6.02. The van der Waals surface area contributed by atoms with Crippen LogP contribution in [0.25, 0.3) is 5.57 Å². The highest BCUT2D eigenvalue weighted by molar-refractivity contribution is 6.77. The molecule has 1 aromatic carbocycles. The van der Waals surface area contributed by atoms with Crippen LogP contribution in [0.5, 0.6) is 0 Å². The van der Waals surface area contributed by atoms with Gasteiger partial charge in [-0.3, -0.25) is 0 Å². The van der Waals surface area contributed by atoms with Gasteiger partial charge in [0.05, 0.1) is 5.76 Å². The lowest BCUT2D eigenvalue weighted by Gasteiger charge is -2.44. The van der Waals surface area contributed by atoms with Crippen molar-refractivity contribution < 1.29 is 4.43 Å². The molecule has 1 aliphatic carbocycles. The molecule has 0 amide bonds. The van der Waals surface area contributed by atoms with E-state index in [1.54, 1.807) is 5.57 Å². The molecule has 0 radical (unpaired) electrons. The van der Waals surface area contributed by atoms with Crippen molar-refractivity contribution in [2.45, 2.75) is 90.8 Å². The molecule has 0 aromatic heterocycles. The standard InChI is InChI=1S/C24H38OSi/c1-8-12-21-15-16-24(23(17-21)22-13-10-9-11-14-22)25-26(18(2)3,19(4)5)20(6)7/h9-11,13-15,18-20H,8,12,16-17H2,1-7H3. The monoisotopic (exact) mass is 370 g/mol. The van der Waals surface area contributed by atoms with E-state index >= 15 is 0 Å². The largest absolute Gasteiger partial charge is 0.545 e. The van der Waals surface area contributed by atoms with Crippen molar-refractivity contribution in [1.82, 2.24) is 0 Å². The molecule has 0 aliphatic heterocycles. The number of allylic oxidation sites excluding steroid dienone is 3. The van der Waals surface area contributed by atoms with E-state index in [1.165, 1.54) is 29.7 Å². The quantitative estimate of drug-likeness (QED) is 0.331. The Kier molecular flexibility index (Phi) is 7.34. The highest BCUT2D eigenvalue weighted by Crippen LogP contribution is 2.46. The van der Waals surface area contributed by atoms with Gasteiger partial charge in [0, 0.05) is 6.42 Å². The third-order valence-corrected chi connectivity index (χ3v) is 12.0. The maximum Gasteiger partial charge on any atom is 0.258 e. The average Bonchev–Trinajstić information content (AvgIpc) is 2.60. The normalized spacial score (nSPS) is 15.8. The molecule has 0 fully saturated rings. The molecule has 0 spiro atoms. The molecule has 1 nitrogen and oxygen atoms in total. The van der Waals surface area contributed by atoms with E-state index < -0.39 is 8.32 Å². The zero-order valence-corrected chi connectivity index (χ0v) is 18.9. The van der Waals surface area contributed by atoms with Gasteiger partial charge >= 0.3 is 0 Å². The lowest BCUT2D eigenvalue weighted by Crippen LogP contribution is -2.47. The smallest absolute Gasteiger partial charge is 0.258 e. The Balaban J connectivity index is 2.47. The first-order valence-electron chi connectivity index (χ1n) is 10.5. The lowest BCUT2D eigenvalue weighted by molar-refractivity contribution is 0.363. The zero-order valence-electron chi connectivity index (χ0n) is 17.9. The zero-order chi connectivity index (χ0) is 19.3. The number of benzene rings is 1. The first-order chi connectivity index (χ1) is 12.3. The van der Waals surface area contributed by atoms with Crippen LogP contribution >= 0.6 is 0 Å². The van der Waals surface area contributed by atoms with Crippen LogP contribution in [0, 0.1) is 0 Å². The molecule has 0 unspecified atom stereocenters. The topological polar surface area (TPSA) is 9.23 Å². The summed E-state index contributed by atoms with van der Waals surface area (Å²) < 4.78 is 7.13. The van der Waals surface area contributed by atoms with Gasteiger partial charge in [-0.2, -0.15) is 0 Å². The summed E-state index contributed by atoms with van der Waals surface area (Å²) in [5.41, 5.74) is 6.15. The van der Waals surface area contributed by atoms with Gasteiger partial charge in [0.15, 0.2) is 0 Å². The highest BCUT2D eigenvalue weighted by Gasteiger charge is 2.47. The van der Waals surface area contributed by atoms with Crippen LogP contribution in [0.3, 0.4) is 0 Å². The van der Waals surface area contributed by atoms with Gasteiger partial charge in [-0.15, -0.1) is 0 Å². The van der Waals surface area contributed by atoms with Gasteiger partial charge in [0.2, 0.25) is 0 Å². The maximum atomic E-state index is 7.13. The Labute approximate surface area is 162 Å². The van der Waals surface area contributed by atoms with Crippen LogP contribution in [-0.2, 0) is 4.43 Å². The molecule has 0 atom stereocenters. The second-order valence-electron chi connectivity index (χ2n) is 8.68. The van der Waals surface area contributed by atoms with Crippen LogP contribution in [0.2, 0.25) is 16.6 Å². The second kappa shape index (κ2) is 9.08. The summed E-state index contributed by atoms with van der Waals surface area (Å²) in [5, 5.41) is 0. The fourth-order valence-corrected chi connectivity index (χ4v) is 10.2. The molecule has 0 N–H and O–H groups in total. The summed E-state index contributed by atoms with van der Waals surface area (Å²) in [6.45, 7) is 16.5. The summed E-state index contributed by atoms with van der Waals surface area (Å²) >= 11 is 0. The summed E-state index contributed by atoms with van der Waals surface area (Å²) in [7, 11) is -1.92. The van der Waals surface area contributed by atoms with Crippen LogP contribution in [0.4, 0.5) is 0 Å². The predicted octanol–water partition coefficient (Wildman–Crippen LogP) is 8.11. The van der Waals surface area contributed by atoms with E-state index in [2.05, 4.69) is 84.9 Å². The third kappa shape index (κ3) is 4.33. The summed E-state index contributed by atoms with van der Waals surface area (Å²) in [6, 6.07) is 10.9. The minimum absolute atomic E-state index is 0.605. The first-order valence-corrected chi connectivity index (χ1v) is 12.6. The number of rotatable bonds is 8. The van der Waals surface area contributed by atoms with Crippen molar-refractivity contribution in [3.8, 4) is 0 Å². The summed E-state index contributed by atoms with van der Waals surface area (Å²) in [4.78, 5) is 0. The van der Waals surface area contributed by atoms with Gasteiger partial charge in [0.1, 0.15) is 0 Å². The predicted molar refractivity (Wildman–Crippen MR) is 118 cm³/mol. The minimum atomic E-state index is -1.92. The molecule has 0 heterocycles. The maximum absolute atomic E-state index is 7.13. The van der Waals surface area contributed by atoms with Gasteiger partial charge in [0.25, 0.3) is 8.32 Å². The molecule has 2 heteroatoms.